The molecule has 1 amide bonds. The highest BCUT2D eigenvalue weighted by atomic mass is 16.5. The second kappa shape index (κ2) is 7.25. The van der Waals surface area contributed by atoms with Gasteiger partial charge in [-0.15, -0.1) is 0 Å². The maximum Gasteiger partial charge on any atom is 0.267 e. The lowest BCUT2D eigenvalue weighted by atomic mass is 10.1. The average Bonchev–Trinajstić information content (AvgIpc) is 2.50. The van der Waals surface area contributed by atoms with Crippen molar-refractivity contribution < 1.29 is 14.3 Å². The minimum Gasteiger partial charge on any atom is -0.479 e. The van der Waals surface area contributed by atoms with Gasteiger partial charge >= 0.3 is 0 Å². The van der Waals surface area contributed by atoms with Crippen molar-refractivity contribution in [2.24, 2.45) is 0 Å². The van der Waals surface area contributed by atoms with Gasteiger partial charge in [-0.25, -0.2) is 0 Å². The summed E-state index contributed by atoms with van der Waals surface area (Å²) in [6.07, 6.45) is 6.07. The third kappa shape index (κ3) is 3.63. The van der Waals surface area contributed by atoms with Crippen LogP contribution in [0.15, 0.2) is 18.2 Å². The summed E-state index contributed by atoms with van der Waals surface area (Å²) in [5, 5.41) is 0. The predicted molar refractivity (Wildman–Crippen MR) is 83.0 cm³/mol. The molecular formula is C17H23NO3. The van der Waals surface area contributed by atoms with Crippen LogP contribution in [-0.2, 0) is 4.79 Å². The molecule has 0 saturated heterocycles. The van der Waals surface area contributed by atoms with Crippen molar-refractivity contribution in [3.8, 4) is 5.75 Å². The molecule has 21 heavy (non-hydrogen) atoms. The van der Waals surface area contributed by atoms with Crippen molar-refractivity contribution in [1.29, 1.82) is 0 Å². The largest absolute Gasteiger partial charge is 0.479 e. The highest BCUT2D eigenvalue weighted by Crippen LogP contribution is 2.34. The maximum atomic E-state index is 12.3. The second-order valence-corrected chi connectivity index (χ2v) is 5.51. The fourth-order valence-electron chi connectivity index (χ4n) is 2.60. The molecule has 0 saturated carbocycles. The van der Waals surface area contributed by atoms with Gasteiger partial charge in [-0.05, 0) is 31.5 Å². The molecule has 0 aromatic heterocycles. The number of rotatable bonds is 7. The number of aldehydes is 1. The number of carbonyl (C=O) groups excluding carboxylic acids is 2. The number of hydrogen-bond acceptors (Lipinski definition) is 3. The molecule has 0 fully saturated rings. The number of hydrogen-bond donors (Lipinski definition) is 0. The molecule has 1 heterocycles. The molecule has 0 spiro atoms. The molecule has 1 aliphatic heterocycles. The number of anilines is 1. The van der Waals surface area contributed by atoms with Crippen LogP contribution in [0.4, 0.5) is 5.69 Å². The summed E-state index contributed by atoms with van der Waals surface area (Å²) in [4.78, 5) is 25.0. The molecule has 1 aliphatic rings. The zero-order valence-corrected chi connectivity index (χ0v) is 12.8. The highest BCUT2D eigenvalue weighted by Gasteiger charge is 2.31. The Labute approximate surface area is 126 Å². The maximum absolute atomic E-state index is 12.3. The van der Waals surface area contributed by atoms with Crippen molar-refractivity contribution in [2.45, 2.75) is 52.1 Å². The first-order valence-electron chi connectivity index (χ1n) is 7.74. The second-order valence-electron chi connectivity index (χ2n) is 5.51. The van der Waals surface area contributed by atoms with Crippen molar-refractivity contribution >= 4 is 17.9 Å². The van der Waals surface area contributed by atoms with Crippen LogP contribution in [-0.4, -0.2) is 24.8 Å². The van der Waals surface area contributed by atoms with Crippen LogP contribution in [0.25, 0.3) is 0 Å². The third-order valence-corrected chi connectivity index (χ3v) is 3.81. The third-order valence-electron chi connectivity index (χ3n) is 3.81. The van der Waals surface area contributed by atoms with E-state index in [1.54, 1.807) is 30.0 Å². The zero-order chi connectivity index (χ0) is 15.2. The molecule has 0 bridgehead atoms. The normalized spacial score (nSPS) is 17.3. The van der Waals surface area contributed by atoms with Crippen molar-refractivity contribution in [1.82, 2.24) is 0 Å². The van der Waals surface area contributed by atoms with Gasteiger partial charge in [0.1, 0.15) is 12.0 Å². The van der Waals surface area contributed by atoms with Crippen LogP contribution in [0.5, 0.6) is 5.75 Å². The van der Waals surface area contributed by atoms with E-state index in [2.05, 4.69) is 6.92 Å². The lowest BCUT2D eigenvalue weighted by Gasteiger charge is -2.33. The number of fused-ring (bicyclic) bond motifs is 1. The van der Waals surface area contributed by atoms with E-state index in [0.717, 1.165) is 24.8 Å². The van der Waals surface area contributed by atoms with Gasteiger partial charge in [0, 0.05) is 12.1 Å². The van der Waals surface area contributed by atoms with E-state index in [0.29, 0.717) is 17.9 Å². The molecule has 0 aliphatic carbocycles. The van der Waals surface area contributed by atoms with Crippen LogP contribution in [0, 0.1) is 0 Å². The minimum atomic E-state index is -0.463. The zero-order valence-electron chi connectivity index (χ0n) is 12.8. The van der Waals surface area contributed by atoms with Gasteiger partial charge in [-0.3, -0.25) is 9.59 Å². The van der Waals surface area contributed by atoms with E-state index in [1.807, 2.05) is 0 Å². The Balaban J connectivity index is 2.11. The molecule has 1 atom stereocenters. The lowest BCUT2D eigenvalue weighted by Crippen LogP contribution is -2.44. The molecule has 4 heteroatoms. The monoisotopic (exact) mass is 289 g/mol. The first kappa shape index (κ1) is 15.5. The Hall–Kier alpha value is -1.84. The molecule has 0 N–H and O–H groups in total. The van der Waals surface area contributed by atoms with E-state index in [1.165, 1.54) is 19.3 Å². The topological polar surface area (TPSA) is 46.6 Å². The Morgan fingerprint density at radius 1 is 1.24 bits per heavy atom. The quantitative estimate of drug-likeness (QED) is 0.569. The van der Waals surface area contributed by atoms with E-state index in [9.17, 15) is 9.59 Å². The van der Waals surface area contributed by atoms with Gasteiger partial charge in [-0.1, -0.05) is 32.6 Å². The fourth-order valence-corrected chi connectivity index (χ4v) is 2.60. The smallest absolute Gasteiger partial charge is 0.267 e. The van der Waals surface area contributed by atoms with Gasteiger partial charge in [0.25, 0.3) is 5.91 Å². The predicted octanol–water partition coefficient (Wildman–Crippen LogP) is 3.58. The molecule has 1 unspecified atom stereocenters. The summed E-state index contributed by atoms with van der Waals surface area (Å²) in [6, 6.07) is 5.22. The Morgan fingerprint density at radius 2 is 2.00 bits per heavy atom. The molecule has 1 aromatic carbocycles. The van der Waals surface area contributed by atoms with Crippen molar-refractivity contribution in [3.63, 3.8) is 0 Å². The Morgan fingerprint density at radius 3 is 2.71 bits per heavy atom. The van der Waals surface area contributed by atoms with Gasteiger partial charge in [0.2, 0.25) is 0 Å². The number of benzene rings is 1. The van der Waals surface area contributed by atoms with Gasteiger partial charge in [0.15, 0.2) is 6.10 Å². The summed E-state index contributed by atoms with van der Waals surface area (Å²) in [5.74, 6) is 0.655. The standard InChI is InChI=1S/C17H23NO3/c1-3-4-5-6-7-10-18-15-11-14(12-19)8-9-16(15)21-13(2)17(18)20/h8-9,11-13H,3-7,10H2,1-2H3. The fraction of sp³-hybridized carbons (Fsp3) is 0.529. The lowest BCUT2D eigenvalue weighted by molar-refractivity contribution is -0.125. The summed E-state index contributed by atoms with van der Waals surface area (Å²) < 4.78 is 5.61. The molecule has 4 nitrogen and oxygen atoms in total. The number of carbonyl (C=O) groups is 2. The first-order chi connectivity index (χ1) is 10.2. The highest BCUT2D eigenvalue weighted by molar-refractivity contribution is 6.00. The van der Waals surface area contributed by atoms with Gasteiger partial charge < -0.3 is 9.64 Å². The van der Waals surface area contributed by atoms with Crippen LogP contribution < -0.4 is 9.64 Å². The van der Waals surface area contributed by atoms with E-state index >= 15 is 0 Å². The van der Waals surface area contributed by atoms with Crippen LogP contribution in [0.2, 0.25) is 0 Å². The van der Waals surface area contributed by atoms with Crippen LogP contribution in [0.1, 0.15) is 56.3 Å². The summed E-state index contributed by atoms with van der Waals surface area (Å²) >= 11 is 0. The van der Waals surface area contributed by atoms with Gasteiger partial charge in [0.05, 0.1) is 5.69 Å². The summed E-state index contributed by atoms with van der Waals surface area (Å²) in [5.41, 5.74) is 1.29. The van der Waals surface area contributed by atoms with Crippen LogP contribution in [0.3, 0.4) is 0 Å². The number of amides is 1. The molecule has 2 rings (SSSR count). The SMILES string of the molecule is CCCCCCCN1C(=O)C(C)Oc2ccc(C=O)cc21. The first-order valence-corrected chi connectivity index (χ1v) is 7.74. The molecule has 1 aromatic rings. The molecule has 114 valence electrons. The summed E-state index contributed by atoms with van der Waals surface area (Å²) in [6.45, 7) is 4.64. The minimum absolute atomic E-state index is 0.0268. The summed E-state index contributed by atoms with van der Waals surface area (Å²) in [7, 11) is 0. The van der Waals surface area contributed by atoms with E-state index < -0.39 is 6.10 Å². The van der Waals surface area contributed by atoms with Crippen molar-refractivity contribution in [3.05, 3.63) is 23.8 Å². The molecule has 0 radical (unpaired) electrons. The van der Waals surface area contributed by atoms with Gasteiger partial charge in [-0.2, -0.15) is 0 Å². The Bertz CT molecular complexity index is 513. The number of ether oxygens (including phenoxy) is 1. The van der Waals surface area contributed by atoms with Crippen LogP contribution >= 0.6 is 0 Å². The number of nitrogens with zero attached hydrogens (tertiary/aromatic N) is 1. The number of unbranched alkanes of at least 4 members (excludes halogenated alkanes) is 4. The average molecular weight is 289 g/mol. The molecular weight excluding hydrogens is 266 g/mol. The van der Waals surface area contributed by atoms with E-state index in [4.69, 9.17) is 4.74 Å². The van der Waals surface area contributed by atoms with Crippen molar-refractivity contribution in [2.75, 3.05) is 11.4 Å². The Kier molecular flexibility index (Phi) is 5.37. The van der Waals surface area contributed by atoms with E-state index in [-0.39, 0.29) is 5.91 Å².